The predicted octanol–water partition coefficient (Wildman–Crippen LogP) is 4.17. The van der Waals surface area contributed by atoms with Gasteiger partial charge in [-0.15, -0.1) is 11.3 Å². The summed E-state index contributed by atoms with van der Waals surface area (Å²) in [5.74, 6) is -0.955. The highest BCUT2D eigenvalue weighted by atomic mass is 79.9. The maximum Gasteiger partial charge on any atom is 0.338 e. The van der Waals surface area contributed by atoms with Gasteiger partial charge in [-0.2, -0.15) is 0 Å². The smallest absolute Gasteiger partial charge is 0.338 e. The number of carboxylic acid groups (broad SMARTS) is 1. The number of rotatable bonds is 5. The summed E-state index contributed by atoms with van der Waals surface area (Å²) in [6.45, 7) is 2.04. The lowest BCUT2D eigenvalue weighted by atomic mass is 10.1. The van der Waals surface area contributed by atoms with Crippen LogP contribution in [0, 0.1) is 0 Å². The van der Waals surface area contributed by atoms with Gasteiger partial charge in [0.05, 0.1) is 17.3 Å². The van der Waals surface area contributed by atoms with Crippen molar-refractivity contribution in [3.8, 4) is 0 Å². The van der Waals surface area contributed by atoms with E-state index in [4.69, 9.17) is 0 Å². The van der Waals surface area contributed by atoms with Crippen molar-refractivity contribution in [2.45, 2.75) is 19.4 Å². The van der Waals surface area contributed by atoms with Crippen molar-refractivity contribution in [1.82, 2.24) is 4.98 Å². The minimum atomic E-state index is -0.955. The number of hydrogen-bond acceptors (Lipinski definition) is 4. The molecule has 2 aromatic rings. The van der Waals surface area contributed by atoms with Gasteiger partial charge in [-0.05, 0) is 34.5 Å². The summed E-state index contributed by atoms with van der Waals surface area (Å²) in [5.41, 5.74) is 0.849. The number of aromatic nitrogens is 1. The summed E-state index contributed by atoms with van der Waals surface area (Å²) in [4.78, 5) is 15.6. The van der Waals surface area contributed by atoms with Crippen LogP contribution in [0.1, 0.15) is 34.8 Å². The van der Waals surface area contributed by atoms with Crippen molar-refractivity contribution in [1.29, 1.82) is 0 Å². The second-order valence-corrected chi connectivity index (χ2v) is 5.72. The fourth-order valence-electron chi connectivity index (χ4n) is 1.79. The fourth-order valence-corrected chi connectivity index (χ4v) is 3.10. The van der Waals surface area contributed by atoms with E-state index in [1.165, 1.54) is 0 Å². The number of nitrogens with one attached hydrogen (secondary N) is 1. The Balaban J connectivity index is 2.32. The molecule has 0 amide bonds. The molecule has 4 nitrogen and oxygen atoms in total. The van der Waals surface area contributed by atoms with Crippen LogP contribution in [0.4, 0.5) is 5.69 Å². The molecule has 1 unspecified atom stereocenters. The Kier molecular flexibility index (Phi) is 4.55. The highest BCUT2D eigenvalue weighted by Crippen LogP contribution is 2.30. The summed E-state index contributed by atoms with van der Waals surface area (Å²) in [6.07, 6.45) is 2.59. The third-order valence-corrected chi connectivity index (χ3v) is 4.27. The molecule has 0 spiro atoms. The Morgan fingerprint density at radius 2 is 2.37 bits per heavy atom. The quantitative estimate of drug-likeness (QED) is 0.857. The SMILES string of the molecule is CCC(Nc1cccc(Br)c1C(=O)O)c1nccs1. The lowest BCUT2D eigenvalue weighted by Gasteiger charge is -2.18. The van der Waals surface area contributed by atoms with Crippen LogP contribution in [0.25, 0.3) is 0 Å². The predicted molar refractivity (Wildman–Crippen MR) is 79.9 cm³/mol. The Morgan fingerprint density at radius 1 is 1.58 bits per heavy atom. The molecule has 0 bridgehead atoms. The monoisotopic (exact) mass is 340 g/mol. The second-order valence-electron chi connectivity index (χ2n) is 3.94. The molecule has 2 rings (SSSR count). The fraction of sp³-hybridized carbons (Fsp3) is 0.231. The Morgan fingerprint density at radius 3 is 2.95 bits per heavy atom. The molecular formula is C13H13BrN2O2S. The number of carboxylic acids is 1. The average Bonchev–Trinajstić information content (AvgIpc) is 2.89. The van der Waals surface area contributed by atoms with Gasteiger partial charge >= 0.3 is 5.97 Å². The third kappa shape index (κ3) is 3.13. The Labute approximate surface area is 123 Å². The van der Waals surface area contributed by atoms with Crippen molar-refractivity contribution < 1.29 is 9.90 Å². The van der Waals surface area contributed by atoms with Crippen LogP contribution in [0.3, 0.4) is 0 Å². The van der Waals surface area contributed by atoms with Gasteiger partial charge in [0.1, 0.15) is 5.01 Å². The van der Waals surface area contributed by atoms with E-state index in [1.54, 1.807) is 29.7 Å². The van der Waals surface area contributed by atoms with Gasteiger partial charge in [0.15, 0.2) is 0 Å². The van der Waals surface area contributed by atoms with Crippen LogP contribution in [-0.2, 0) is 0 Å². The summed E-state index contributed by atoms with van der Waals surface area (Å²) < 4.78 is 0.569. The normalized spacial score (nSPS) is 12.1. The minimum Gasteiger partial charge on any atom is -0.478 e. The van der Waals surface area contributed by atoms with Crippen molar-refractivity contribution in [3.63, 3.8) is 0 Å². The zero-order valence-corrected chi connectivity index (χ0v) is 12.7. The standard InChI is InChI=1S/C13H13BrN2O2S/c1-2-9(12-15-6-7-19-12)16-10-5-3-4-8(14)11(10)13(17)18/h3-7,9,16H,2H2,1H3,(H,17,18). The maximum absolute atomic E-state index is 11.3. The first-order valence-electron chi connectivity index (χ1n) is 5.81. The van der Waals surface area contributed by atoms with Crippen LogP contribution < -0.4 is 5.32 Å². The van der Waals surface area contributed by atoms with E-state index in [2.05, 4.69) is 26.2 Å². The molecule has 0 radical (unpaired) electrons. The summed E-state index contributed by atoms with van der Waals surface area (Å²) in [5, 5.41) is 15.4. The Hall–Kier alpha value is -1.40. The van der Waals surface area contributed by atoms with Crippen LogP contribution in [-0.4, -0.2) is 16.1 Å². The molecule has 6 heteroatoms. The molecule has 0 saturated carbocycles. The number of aromatic carboxylic acids is 1. The summed E-state index contributed by atoms with van der Waals surface area (Å²) in [6, 6.07) is 5.32. The first kappa shape index (κ1) is 14.0. The number of hydrogen-bond donors (Lipinski definition) is 2. The van der Waals surface area contributed by atoms with Gasteiger partial charge in [0, 0.05) is 16.0 Å². The maximum atomic E-state index is 11.3. The van der Waals surface area contributed by atoms with Crippen molar-refractivity contribution in [2.24, 2.45) is 0 Å². The van der Waals surface area contributed by atoms with E-state index in [0.717, 1.165) is 11.4 Å². The molecule has 1 aromatic heterocycles. The summed E-state index contributed by atoms with van der Waals surface area (Å²) >= 11 is 4.84. The molecule has 0 saturated heterocycles. The van der Waals surface area contributed by atoms with Gasteiger partial charge in [-0.1, -0.05) is 13.0 Å². The van der Waals surface area contributed by atoms with Gasteiger partial charge in [0.25, 0.3) is 0 Å². The zero-order valence-electron chi connectivity index (χ0n) is 10.3. The van der Waals surface area contributed by atoms with Gasteiger partial charge < -0.3 is 10.4 Å². The van der Waals surface area contributed by atoms with Gasteiger partial charge in [-0.25, -0.2) is 9.78 Å². The van der Waals surface area contributed by atoms with Crippen molar-refractivity contribution in [2.75, 3.05) is 5.32 Å². The molecule has 2 N–H and O–H groups in total. The first-order valence-corrected chi connectivity index (χ1v) is 7.48. The molecule has 19 heavy (non-hydrogen) atoms. The highest BCUT2D eigenvalue weighted by molar-refractivity contribution is 9.10. The van der Waals surface area contributed by atoms with Crippen LogP contribution >= 0.6 is 27.3 Å². The molecule has 0 aliphatic carbocycles. The molecule has 1 aromatic carbocycles. The molecule has 0 fully saturated rings. The molecule has 100 valence electrons. The number of anilines is 1. The van der Waals surface area contributed by atoms with E-state index in [0.29, 0.717) is 10.2 Å². The van der Waals surface area contributed by atoms with E-state index in [1.807, 2.05) is 18.4 Å². The molecule has 1 heterocycles. The average molecular weight is 341 g/mol. The first-order chi connectivity index (χ1) is 9.13. The van der Waals surface area contributed by atoms with Crippen LogP contribution in [0.5, 0.6) is 0 Å². The van der Waals surface area contributed by atoms with Gasteiger partial charge in [-0.3, -0.25) is 0 Å². The topological polar surface area (TPSA) is 62.2 Å². The molecule has 1 atom stereocenters. The molecular weight excluding hydrogens is 328 g/mol. The zero-order chi connectivity index (χ0) is 13.8. The second kappa shape index (κ2) is 6.16. The van der Waals surface area contributed by atoms with E-state index >= 15 is 0 Å². The molecule has 0 aliphatic rings. The number of nitrogens with zero attached hydrogens (tertiary/aromatic N) is 1. The van der Waals surface area contributed by atoms with E-state index < -0.39 is 5.97 Å². The van der Waals surface area contributed by atoms with E-state index in [9.17, 15) is 9.90 Å². The van der Waals surface area contributed by atoms with Crippen molar-refractivity contribution in [3.05, 3.63) is 44.8 Å². The van der Waals surface area contributed by atoms with Crippen molar-refractivity contribution >= 4 is 38.9 Å². The van der Waals surface area contributed by atoms with Crippen LogP contribution in [0.2, 0.25) is 0 Å². The van der Waals surface area contributed by atoms with Gasteiger partial charge in [0.2, 0.25) is 0 Å². The number of halogens is 1. The summed E-state index contributed by atoms with van der Waals surface area (Å²) in [7, 11) is 0. The lowest BCUT2D eigenvalue weighted by Crippen LogP contribution is -2.13. The number of thiazole rings is 1. The minimum absolute atomic E-state index is 0.0207. The molecule has 0 aliphatic heterocycles. The van der Waals surface area contributed by atoms with Crippen LogP contribution in [0.15, 0.2) is 34.2 Å². The Bertz CT molecular complexity index is 572. The third-order valence-electron chi connectivity index (χ3n) is 2.71. The lowest BCUT2D eigenvalue weighted by molar-refractivity contribution is 0.0697. The number of benzene rings is 1. The largest absolute Gasteiger partial charge is 0.478 e. The highest BCUT2D eigenvalue weighted by Gasteiger charge is 2.18. The van der Waals surface area contributed by atoms with E-state index in [-0.39, 0.29) is 11.6 Å². The number of carbonyl (C=O) groups is 1.